The van der Waals surface area contributed by atoms with Crippen LogP contribution in [0.5, 0.6) is 0 Å². The van der Waals surface area contributed by atoms with Gasteiger partial charge in [-0.1, -0.05) is 19.1 Å². The number of nitrogens with zero attached hydrogens (tertiary/aromatic N) is 3. The number of nitrogens with one attached hydrogen (secondary N) is 2. The summed E-state index contributed by atoms with van der Waals surface area (Å²) >= 11 is 1.50. The molecular weight excluding hydrogens is 394 g/mol. The largest absolute Gasteiger partial charge is 0.360 e. The summed E-state index contributed by atoms with van der Waals surface area (Å²) in [5, 5.41) is 10.4. The van der Waals surface area contributed by atoms with E-state index in [0.29, 0.717) is 24.6 Å². The lowest BCUT2D eigenvalue weighted by molar-refractivity contribution is -0.134. The van der Waals surface area contributed by atoms with Gasteiger partial charge in [-0.2, -0.15) is 5.26 Å². The predicted molar refractivity (Wildman–Crippen MR) is 120 cm³/mol. The second kappa shape index (κ2) is 9.41. The van der Waals surface area contributed by atoms with Crippen molar-refractivity contribution in [3.8, 4) is 6.07 Å². The molecule has 1 atom stereocenters. The summed E-state index contributed by atoms with van der Waals surface area (Å²) in [4.78, 5) is 19.7. The Balaban J connectivity index is 1.48. The third-order valence-corrected chi connectivity index (χ3v) is 6.82. The molecule has 1 aliphatic rings. The smallest absolute Gasteiger partial charge is 0.240 e. The highest BCUT2D eigenvalue weighted by Gasteiger charge is 2.27. The zero-order valence-corrected chi connectivity index (χ0v) is 18.0. The number of nitriles is 1. The number of piperidine rings is 1. The maximum Gasteiger partial charge on any atom is 0.240 e. The Morgan fingerprint density at radius 1 is 1.30 bits per heavy atom. The van der Waals surface area contributed by atoms with Crippen molar-refractivity contribution in [2.75, 3.05) is 13.1 Å². The second-order valence-electron chi connectivity index (χ2n) is 7.97. The highest BCUT2D eigenvalue weighted by molar-refractivity contribution is 7.97. The van der Waals surface area contributed by atoms with Crippen LogP contribution in [-0.2, 0) is 11.3 Å². The van der Waals surface area contributed by atoms with E-state index in [1.54, 1.807) is 6.07 Å². The molecule has 1 aliphatic heterocycles. The van der Waals surface area contributed by atoms with Gasteiger partial charge in [0.05, 0.1) is 11.6 Å². The van der Waals surface area contributed by atoms with Gasteiger partial charge in [-0.3, -0.25) is 4.79 Å². The monoisotopic (exact) mass is 421 g/mol. The highest BCUT2D eigenvalue weighted by Crippen LogP contribution is 2.26. The van der Waals surface area contributed by atoms with Crippen LogP contribution in [0, 0.1) is 17.2 Å². The number of likely N-dealkylation sites (tertiary alicyclic amines) is 1. The molecular formula is C23H27N5OS. The summed E-state index contributed by atoms with van der Waals surface area (Å²) in [7, 11) is 0. The molecule has 2 aromatic heterocycles. The molecule has 0 spiro atoms. The van der Waals surface area contributed by atoms with Crippen molar-refractivity contribution < 1.29 is 4.79 Å². The molecule has 0 aliphatic carbocycles. The van der Waals surface area contributed by atoms with E-state index >= 15 is 0 Å². The van der Waals surface area contributed by atoms with Crippen molar-refractivity contribution in [1.29, 1.82) is 5.26 Å². The first-order valence-electron chi connectivity index (χ1n) is 10.5. The van der Waals surface area contributed by atoms with Crippen molar-refractivity contribution in [3.05, 3.63) is 54.5 Å². The van der Waals surface area contributed by atoms with E-state index in [1.165, 1.54) is 11.9 Å². The van der Waals surface area contributed by atoms with Crippen molar-refractivity contribution in [2.24, 2.45) is 5.92 Å². The van der Waals surface area contributed by atoms with Gasteiger partial charge < -0.3 is 14.5 Å². The molecule has 1 amide bonds. The van der Waals surface area contributed by atoms with Gasteiger partial charge >= 0.3 is 0 Å². The van der Waals surface area contributed by atoms with E-state index < -0.39 is 0 Å². The summed E-state index contributed by atoms with van der Waals surface area (Å²) in [6, 6.07) is 13.8. The van der Waals surface area contributed by atoms with E-state index in [4.69, 9.17) is 0 Å². The summed E-state index contributed by atoms with van der Waals surface area (Å²) in [6.45, 7) is 4.51. The molecule has 3 heterocycles. The highest BCUT2D eigenvalue weighted by atomic mass is 32.2. The summed E-state index contributed by atoms with van der Waals surface area (Å²) in [6.07, 6.45) is 6.58. The number of hydrogen-bond acceptors (Lipinski definition) is 4. The zero-order valence-electron chi connectivity index (χ0n) is 17.2. The molecule has 1 saturated heterocycles. The Morgan fingerprint density at radius 2 is 2.13 bits per heavy atom. The van der Waals surface area contributed by atoms with E-state index in [1.807, 2.05) is 40.1 Å². The second-order valence-corrected chi connectivity index (χ2v) is 8.85. The predicted octanol–water partition coefficient (Wildman–Crippen LogP) is 4.16. The molecule has 30 heavy (non-hydrogen) atoms. The Morgan fingerprint density at radius 3 is 2.93 bits per heavy atom. The lowest BCUT2D eigenvalue weighted by Gasteiger charge is -2.33. The standard InChI is InChI=1S/C23H27N5OS/c1-17-8-13-28(14-9-17)23(29)20(10-15-27-12-3-5-19(27)16-24)26-30-21-6-2-4-18-7-11-25-22(18)21/h2-7,11-12,17,20,25-26H,8-10,13-15H2,1H3. The minimum absolute atomic E-state index is 0.152. The third kappa shape index (κ3) is 4.55. The van der Waals surface area contributed by atoms with Gasteiger partial charge in [0, 0.05) is 42.3 Å². The van der Waals surface area contributed by atoms with Crippen LogP contribution in [0.4, 0.5) is 0 Å². The molecule has 6 nitrogen and oxygen atoms in total. The van der Waals surface area contributed by atoms with Crippen molar-refractivity contribution in [1.82, 2.24) is 19.2 Å². The first-order chi connectivity index (χ1) is 14.7. The Kier molecular flexibility index (Phi) is 6.46. The lowest BCUT2D eigenvalue weighted by Crippen LogP contribution is -2.47. The number of aryl methyl sites for hydroxylation is 1. The summed E-state index contributed by atoms with van der Waals surface area (Å²) in [5.74, 6) is 0.831. The van der Waals surface area contributed by atoms with Gasteiger partial charge in [0.1, 0.15) is 11.8 Å². The quantitative estimate of drug-likeness (QED) is 0.562. The molecule has 0 bridgehead atoms. The van der Waals surface area contributed by atoms with Crippen LogP contribution in [0.2, 0.25) is 0 Å². The van der Waals surface area contributed by atoms with Crippen LogP contribution in [0.3, 0.4) is 0 Å². The SMILES string of the molecule is CC1CCN(C(=O)C(CCn2cccc2C#N)NSc2cccc3cc[nH]c23)CC1. The number of carbonyl (C=O) groups is 1. The molecule has 4 rings (SSSR count). The maximum atomic E-state index is 13.3. The first kappa shape index (κ1) is 20.6. The van der Waals surface area contributed by atoms with Gasteiger partial charge in [0.15, 0.2) is 0 Å². The van der Waals surface area contributed by atoms with E-state index in [2.05, 4.69) is 34.8 Å². The maximum absolute atomic E-state index is 13.3. The fraction of sp³-hybridized carbons (Fsp3) is 0.391. The molecule has 1 unspecified atom stereocenters. The number of rotatable bonds is 7. The fourth-order valence-corrected chi connectivity index (χ4v) is 4.85. The Labute approximate surface area is 181 Å². The van der Waals surface area contributed by atoms with Gasteiger partial charge in [-0.25, -0.2) is 4.72 Å². The van der Waals surface area contributed by atoms with Crippen LogP contribution < -0.4 is 4.72 Å². The number of H-pyrrole nitrogens is 1. The Bertz CT molecular complexity index is 1040. The number of amides is 1. The van der Waals surface area contributed by atoms with Crippen molar-refractivity contribution in [2.45, 2.75) is 43.7 Å². The number of para-hydroxylation sites is 1. The average Bonchev–Trinajstić information content (AvgIpc) is 3.43. The van der Waals surface area contributed by atoms with Crippen LogP contribution in [0.1, 0.15) is 31.9 Å². The van der Waals surface area contributed by atoms with Crippen LogP contribution in [0.25, 0.3) is 10.9 Å². The number of carbonyl (C=O) groups excluding carboxylic acids is 1. The van der Waals surface area contributed by atoms with Crippen molar-refractivity contribution >= 4 is 28.8 Å². The van der Waals surface area contributed by atoms with Gasteiger partial charge in [0.2, 0.25) is 5.91 Å². The Hall–Kier alpha value is -2.69. The zero-order chi connectivity index (χ0) is 20.9. The van der Waals surface area contributed by atoms with E-state index in [9.17, 15) is 10.1 Å². The number of benzene rings is 1. The minimum Gasteiger partial charge on any atom is -0.360 e. The number of aromatic nitrogens is 2. The molecule has 7 heteroatoms. The molecule has 156 valence electrons. The van der Waals surface area contributed by atoms with Gasteiger partial charge in [0.25, 0.3) is 0 Å². The lowest BCUT2D eigenvalue weighted by atomic mass is 9.98. The summed E-state index contributed by atoms with van der Waals surface area (Å²) < 4.78 is 5.35. The van der Waals surface area contributed by atoms with Crippen LogP contribution in [0.15, 0.2) is 53.7 Å². The topological polar surface area (TPSA) is 76.8 Å². The van der Waals surface area contributed by atoms with Gasteiger partial charge in [-0.15, -0.1) is 0 Å². The summed E-state index contributed by atoms with van der Waals surface area (Å²) in [5.41, 5.74) is 1.70. The van der Waals surface area contributed by atoms with Crippen LogP contribution >= 0.6 is 11.9 Å². The minimum atomic E-state index is -0.317. The third-order valence-electron chi connectivity index (χ3n) is 5.86. The van der Waals surface area contributed by atoms with E-state index in [0.717, 1.165) is 41.7 Å². The van der Waals surface area contributed by atoms with Gasteiger partial charge in [-0.05, 0) is 61.4 Å². The molecule has 0 radical (unpaired) electrons. The number of hydrogen-bond donors (Lipinski definition) is 2. The van der Waals surface area contributed by atoms with Crippen molar-refractivity contribution in [3.63, 3.8) is 0 Å². The molecule has 1 fully saturated rings. The van der Waals surface area contributed by atoms with E-state index in [-0.39, 0.29) is 11.9 Å². The molecule has 0 saturated carbocycles. The molecule has 1 aromatic carbocycles. The molecule has 3 aromatic rings. The average molecular weight is 422 g/mol. The fourth-order valence-electron chi connectivity index (χ4n) is 3.94. The normalized spacial score (nSPS) is 15.9. The molecule has 2 N–H and O–H groups in total. The van der Waals surface area contributed by atoms with Crippen LogP contribution in [-0.4, -0.2) is 39.5 Å². The number of aromatic amines is 1. The first-order valence-corrected chi connectivity index (χ1v) is 11.3. The number of fused-ring (bicyclic) bond motifs is 1.